The molecular weight excluding hydrogens is 404 g/mol. The van der Waals surface area contributed by atoms with Crippen molar-refractivity contribution in [3.05, 3.63) is 35.5 Å². The molecule has 1 saturated heterocycles. The Morgan fingerprint density at radius 1 is 1.16 bits per heavy atom. The molecule has 2 heterocycles. The molecule has 1 aliphatic heterocycles. The number of aliphatic imine (C=N–C) groups is 1. The van der Waals surface area contributed by atoms with Crippen molar-refractivity contribution in [2.45, 2.75) is 26.7 Å². The fraction of sp³-hybridized carbons (Fsp3) is 0.583. The van der Waals surface area contributed by atoms with Gasteiger partial charge in [-0.3, -0.25) is 14.7 Å². The highest BCUT2D eigenvalue weighted by Crippen LogP contribution is 2.22. The number of amides is 1. The summed E-state index contributed by atoms with van der Waals surface area (Å²) in [5.41, 5.74) is 3.93. The van der Waals surface area contributed by atoms with Gasteiger partial charge in [-0.25, -0.2) is 0 Å². The fourth-order valence-electron chi connectivity index (χ4n) is 4.15. The summed E-state index contributed by atoms with van der Waals surface area (Å²) in [4.78, 5) is 24.9. The van der Waals surface area contributed by atoms with E-state index in [-0.39, 0.29) is 5.91 Å². The van der Waals surface area contributed by atoms with Gasteiger partial charge in [0, 0.05) is 70.0 Å². The number of hydrogen-bond acceptors (Lipinski definition) is 4. The number of methoxy groups -OCH3 is 1. The van der Waals surface area contributed by atoms with Crippen molar-refractivity contribution in [2.75, 3.05) is 66.1 Å². The van der Waals surface area contributed by atoms with Crippen LogP contribution in [-0.4, -0.2) is 92.7 Å². The van der Waals surface area contributed by atoms with Crippen LogP contribution in [0.1, 0.15) is 25.0 Å². The number of para-hydroxylation sites is 1. The second kappa shape index (κ2) is 12.5. The normalized spacial score (nSPS) is 15.3. The zero-order valence-corrected chi connectivity index (χ0v) is 19.7. The van der Waals surface area contributed by atoms with E-state index in [1.165, 1.54) is 22.0 Å². The topological polar surface area (TPSA) is 85.0 Å². The molecule has 1 aromatic heterocycles. The first-order chi connectivity index (χ1) is 15.7. The molecular formula is C24H38N6O2. The third-order valence-corrected chi connectivity index (χ3v) is 5.91. The number of piperazine rings is 1. The van der Waals surface area contributed by atoms with Crippen molar-refractivity contribution < 1.29 is 9.53 Å². The molecule has 1 aromatic carbocycles. The molecule has 32 heavy (non-hydrogen) atoms. The van der Waals surface area contributed by atoms with Crippen LogP contribution in [0.5, 0.6) is 0 Å². The monoisotopic (exact) mass is 442 g/mol. The molecule has 0 atom stereocenters. The Kier molecular flexibility index (Phi) is 9.37. The third-order valence-electron chi connectivity index (χ3n) is 5.91. The van der Waals surface area contributed by atoms with Gasteiger partial charge in [-0.1, -0.05) is 25.1 Å². The average molecular weight is 443 g/mol. The van der Waals surface area contributed by atoms with Crippen molar-refractivity contribution >= 4 is 22.8 Å². The van der Waals surface area contributed by atoms with Crippen molar-refractivity contribution in [2.24, 2.45) is 4.99 Å². The zero-order chi connectivity index (χ0) is 22.8. The lowest BCUT2D eigenvalue weighted by molar-refractivity contribution is -0.122. The summed E-state index contributed by atoms with van der Waals surface area (Å²) in [6, 6.07) is 6.52. The molecule has 176 valence electrons. The number of aryl methyl sites for hydroxylation is 1. The number of ether oxygens (including phenoxy) is 1. The molecule has 3 rings (SSSR count). The van der Waals surface area contributed by atoms with Gasteiger partial charge in [-0.05, 0) is 30.9 Å². The van der Waals surface area contributed by atoms with Crippen LogP contribution >= 0.6 is 0 Å². The van der Waals surface area contributed by atoms with Crippen molar-refractivity contribution in [1.29, 1.82) is 0 Å². The van der Waals surface area contributed by atoms with Crippen LogP contribution < -0.4 is 10.6 Å². The minimum absolute atomic E-state index is 0.0565. The summed E-state index contributed by atoms with van der Waals surface area (Å²) >= 11 is 0. The van der Waals surface area contributed by atoms with E-state index >= 15 is 0 Å². The molecule has 0 saturated carbocycles. The number of nitrogens with one attached hydrogen (secondary N) is 3. The second-order valence-electron chi connectivity index (χ2n) is 8.10. The fourth-order valence-corrected chi connectivity index (χ4v) is 4.15. The highest BCUT2D eigenvalue weighted by molar-refractivity contribution is 5.86. The molecule has 8 heteroatoms. The standard InChI is InChI=1S/C24H38N6O2/c1-4-19-7-6-8-21-20(17-28-23(19)21)9-10-27-24(25-5-2)30-14-12-29(13-15-30)18-22(31)26-11-16-32-3/h6-8,17,28H,4-5,9-16,18H2,1-3H3,(H,25,27)(H,26,31). The number of carbonyl (C=O) groups excluding carboxylic acids is 1. The Morgan fingerprint density at radius 3 is 2.69 bits per heavy atom. The molecule has 0 radical (unpaired) electrons. The first-order valence-corrected chi connectivity index (χ1v) is 11.7. The van der Waals surface area contributed by atoms with Crippen LogP contribution in [0.15, 0.2) is 29.4 Å². The van der Waals surface area contributed by atoms with Gasteiger partial charge in [0.1, 0.15) is 0 Å². The maximum atomic E-state index is 12.0. The average Bonchev–Trinajstić information content (AvgIpc) is 3.22. The van der Waals surface area contributed by atoms with Gasteiger partial charge in [-0.15, -0.1) is 0 Å². The number of rotatable bonds is 10. The van der Waals surface area contributed by atoms with Crippen molar-refractivity contribution in [1.82, 2.24) is 25.4 Å². The molecule has 0 aliphatic carbocycles. The van der Waals surface area contributed by atoms with E-state index in [0.29, 0.717) is 19.7 Å². The first-order valence-electron chi connectivity index (χ1n) is 11.7. The van der Waals surface area contributed by atoms with Crippen LogP contribution in [0, 0.1) is 0 Å². The van der Waals surface area contributed by atoms with E-state index in [1.54, 1.807) is 7.11 Å². The van der Waals surface area contributed by atoms with Gasteiger partial charge < -0.3 is 25.3 Å². The van der Waals surface area contributed by atoms with Gasteiger partial charge in [0.25, 0.3) is 0 Å². The molecule has 8 nitrogen and oxygen atoms in total. The zero-order valence-electron chi connectivity index (χ0n) is 19.7. The van der Waals surface area contributed by atoms with Crippen LogP contribution in [0.4, 0.5) is 0 Å². The second-order valence-corrected chi connectivity index (χ2v) is 8.10. The molecule has 1 aliphatic rings. The van der Waals surface area contributed by atoms with E-state index in [9.17, 15) is 4.79 Å². The van der Waals surface area contributed by atoms with Crippen LogP contribution in [0.2, 0.25) is 0 Å². The minimum atomic E-state index is 0.0565. The number of carbonyl (C=O) groups is 1. The van der Waals surface area contributed by atoms with E-state index in [2.05, 4.69) is 63.7 Å². The van der Waals surface area contributed by atoms with Crippen LogP contribution in [0.3, 0.4) is 0 Å². The highest BCUT2D eigenvalue weighted by Gasteiger charge is 2.21. The summed E-state index contributed by atoms with van der Waals surface area (Å²) in [6.07, 6.45) is 4.06. The Labute approximate surface area is 191 Å². The highest BCUT2D eigenvalue weighted by atomic mass is 16.5. The molecule has 1 amide bonds. The van der Waals surface area contributed by atoms with E-state index in [1.807, 2.05) is 0 Å². The lowest BCUT2D eigenvalue weighted by Crippen LogP contribution is -2.54. The largest absolute Gasteiger partial charge is 0.383 e. The van der Waals surface area contributed by atoms with Gasteiger partial charge in [-0.2, -0.15) is 0 Å². The Balaban J connectivity index is 1.52. The Morgan fingerprint density at radius 2 is 1.97 bits per heavy atom. The van der Waals surface area contributed by atoms with Crippen molar-refractivity contribution in [3.63, 3.8) is 0 Å². The lowest BCUT2D eigenvalue weighted by atomic mass is 10.1. The smallest absolute Gasteiger partial charge is 0.234 e. The van der Waals surface area contributed by atoms with Crippen molar-refractivity contribution in [3.8, 4) is 0 Å². The number of H-pyrrole nitrogens is 1. The summed E-state index contributed by atoms with van der Waals surface area (Å²) < 4.78 is 4.98. The number of fused-ring (bicyclic) bond motifs is 1. The quantitative estimate of drug-likeness (QED) is 0.296. The van der Waals surface area contributed by atoms with Gasteiger partial charge in [0.05, 0.1) is 13.2 Å². The number of guanidine groups is 1. The van der Waals surface area contributed by atoms with Crippen LogP contribution in [-0.2, 0) is 22.4 Å². The molecule has 0 unspecified atom stereocenters. The van der Waals surface area contributed by atoms with E-state index in [0.717, 1.165) is 58.1 Å². The lowest BCUT2D eigenvalue weighted by Gasteiger charge is -2.36. The van der Waals surface area contributed by atoms with Gasteiger partial charge in [0.2, 0.25) is 5.91 Å². The van der Waals surface area contributed by atoms with Gasteiger partial charge in [0.15, 0.2) is 5.96 Å². The molecule has 2 aromatic rings. The van der Waals surface area contributed by atoms with Gasteiger partial charge >= 0.3 is 0 Å². The van der Waals surface area contributed by atoms with E-state index < -0.39 is 0 Å². The number of aromatic nitrogens is 1. The van der Waals surface area contributed by atoms with E-state index in [4.69, 9.17) is 9.73 Å². The number of benzene rings is 1. The maximum absolute atomic E-state index is 12.0. The Bertz CT molecular complexity index is 886. The molecule has 0 bridgehead atoms. The minimum Gasteiger partial charge on any atom is -0.383 e. The summed E-state index contributed by atoms with van der Waals surface area (Å²) in [7, 11) is 1.64. The predicted molar refractivity (Wildman–Crippen MR) is 130 cm³/mol. The predicted octanol–water partition coefficient (Wildman–Crippen LogP) is 1.62. The number of nitrogens with zero attached hydrogens (tertiary/aromatic N) is 3. The Hall–Kier alpha value is -2.58. The first kappa shape index (κ1) is 24.1. The molecule has 1 fully saturated rings. The SMILES string of the molecule is CCNC(=NCCc1c[nH]c2c(CC)cccc12)N1CCN(CC(=O)NCCOC)CC1. The summed E-state index contributed by atoms with van der Waals surface area (Å²) in [6.45, 7) is 10.8. The molecule has 3 N–H and O–H groups in total. The molecule has 0 spiro atoms. The summed E-state index contributed by atoms with van der Waals surface area (Å²) in [5, 5.41) is 7.63. The van der Waals surface area contributed by atoms with Crippen LogP contribution in [0.25, 0.3) is 10.9 Å². The third kappa shape index (κ3) is 6.46. The maximum Gasteiger partial charge on any atom is 0.234 e. The summed E-state index contributed by atoms with van der Waals surface area (Å²) in [5.74, 6) is 1.02. The number of hydrogen-bond donors (Lipinski definition) is 3. The number of aromatic amines is 1.